The SMILES string of the molecule is C=N/C(=C1/C(N)=NC=CN1CC1CCCN1C(=O)/C=C/COC)c1ccc(C(=O)Nc2cc(F)ccn2)cc1. The molecule has 0 spiro atoms. The molecule has 39 heavy (non-hydrogen) atoms. The molecule has 11 heteroatoms. The number of amidine groups is 1. The number of nitrogens with zero attached hydrogens (tertiary/aromatic N) is 5. The molecule has 4 rings (SSSR count). The number of nitrogens with one attached hydrogen (secondary N) is 1. The maximum absolute atomic E-state index is 13.4. The zero-order chi connectivity index (χ0) is 27.8. The van der Waals surface area contributed by atoms with E-state index >= 15 is 0 Å². The number of hydrogen-bond donors (Lipinski definition) is 2. The van der Waals surface area contributed by atoms with Gasteiger partial charge in [-0.05, 0) is 37.8 Å². The number of likely N-dealkylation sites (tertiary alicyclic amines) is 1. The number of aromatic nitrogens is 1. The molecule has 2 aliphatic heterocycles. The van der Waals surface area contributed by atoms with Crippen LogP contribution in [0.25, 0.3) is 5.70 Å². The minimum Gasteiger partial charge on any atom is -0.382 e. The lowest BCUT2D eigenvalue weighted by molar-refractivity contribution is -0.127. The van der Waals surface area contributed by atoms with Crippen LogP contribution in [-0.4, -0.2) is 72.0 Å². The van der Waals surface area contributed by atoms with Gasteiger partial charge in [0.05, 0.1) is 12.3 Å². The number of pyridine rings is 1. The van der Waals surface area contributed by atoms with Crippen LogP contribution >= 0.6 is 0 Å². The van der Waals surface area contributed by atoms with Crippen molar-refractivity contribution in [1.82, 2.24) is 14.8 Å². The number of hydrogen-bond acceptors (Lipinski definition) is 8. The normalized spacial score (nSPS) is 18.3. The van der Waals surface area contributed by atoms with Gasteiger partial charge >= 0.3 is 0 Å². The molecule has 0 radical (unpaired) electrons. The third kappa shape index (κ3) is 6.63. The summed E-state index contributed by atoms with van der Waals surface area (Å²) in [5.74, 6) is -0.625. The molecule has 1 aromatic carbocycles. The summed E-state index contributed by atoms with van der Waals surface area (Å²) in [6.07, 6.45) is 9.66. The summed E-state index contributed by atoms with van der Waals surface area (Å²) in [5, 5.41) is 2.57. The number of halogens is 1. The van der Waals surface area contributed by atoms with Crippen LogP contribution in [0.2, 0.25) is 0 Å². The quantitative estimate of drug-likeness (QED) is 0.378. The number of ether oxygens (including phenoxy) is 1. The van der Waals surface area contributed by atoms with Crippen LogP contribution in [0.15, 0.2) is 82.8 Å². The monoisotopic (exact) mass is 531 g/mol. The van der Waals surface area contributed by atoms with Gasteiger partial charge < -0.3 is 25.6 Å². The first-order valence-electron chi connectivity index (χ1n) is 12.4. The molecule has 202 valence electrons. The molecule has 2 aromatic rings. The Hall–Kier alpha value is -4.64. The Labute approximate surface area is 226 Å². The predicted molar refractivity (Wildman–Crippen MR) is 148 cm³/mol. The van der Waals surface area contributed by atoms with E-state index in [9.17, 15) is 14.0 Å². The number of carbonyl (C=O) groups excluding carboxylic acids is 2. The average molecular weight is 532 g/mol. The molecule has 0 aliphatic carbocycles. The molecule has 2 amide bonds. The molecule has 1 atom stereocenters. The number of amides is 2. The Morgan fingerprint density at radius 2 is 2.05 bits per heavy atom. The zero-order valence-electron chi connectivity index (χ0n) is 21.6. The van der Waals surface area contributed by atoms with Crippen LogP contribution in [-0.2, 0) is 9.53 Å². The van der Waals surface area contributed by atoms with Crippen LogP contribution in [0, 0.1) is 5.82 Å². The van der Waals surface area contributed by atoms with Crippen molar-refractivity contribution in [2.24, 2.45) is 15.7 Å². The number of methoxy groups -OCH3 is 1. The highest BCUT2D eigenvalue weighted by atomic mass is 19.1. The number of carbonyl (C=O) groups is 2. The van der Waals surface area contributed by atoms with E-state index in [4.69, 9.17) is 10.5 Å². The highest BCUT2D eigenvalue weighted by molar-refractivity contribution is 6.06. The Kier molecular flexibility index (Phi) is 8.95. The molecule has 1 fully saturated rings. The maximum Gasteiger partial charge on any atom is 0.256 e. The summed E-state index contributed by atoms with van der Waals surface area (Å²) < 4.78 is 18.4. The molecular weight excluding hydrogens is 501 g/mol. The topological polar surface area (TPSA) is 126 Å². The summed E-state index contributed by atoms with van der Waals surface area (Å²) in [5.41, 5.74) is 8.37. The van der Waals surface area contributed by atoms with Crippen molar-refractivity contribution in [2.75, 3.05) is 32.1 Å². The number of anilines is 1. The second kappa shape index (κ2) is 12.7. The highest BCUT2D eigenvalue weighted by Gasteiger charge is 2.31. The fraction of sp³-hybridized carbons (Fsp3) is 0.250. The number of benzene rings is 1. The minimum absolute atomic E-state index is 0.0381. The van der Waals surface area contributed by atoms with E-state index in [-0.39, 0.29) is 23.6 Å². The summed E-state index contributed by atoms with van der Waals surface area (Å²) in [6.45, 7) is 5.27. The maximum atomic E-state index is 13.4. The first-order chi connectivity index (χ1) is 18.9. The lowest BCUT2D eigenvalue weighted by Crippen LogP contribution is -2.43. The molecule has 1 saturated heterocycles. The summed E-state index contributed by atoms with van der Waals surface area (Å²) in [7, 11) is 1.58. The first kappa shape index (κ1) is 27.4. The van der Waals surface area contributed by atoms with Crippen molar-refractivity contribution < 1.29 is 18.7 Å². The molecule has 0 saturated carbocycles. The molecule has 3 N–H and O–H groups in total. The highest BCUT2D eigenvalue weighted by Crippen LogP contribution is 2.28. The molecule has 1 aromatic heterocycles. The number of aliphatic imine (C=N–C) groups is 2. The van der Waals surface area contributed by atoms with Crippen molar-refractivity contribution >= 4 is 35.9 Å². The van der Waals surface area contributed by atoms with Gasteiger partial charge in [0, 0.05) is 68.1 Å². The largest absolute Gasteiger partial charge is 0.382 e. The Bertz CT molecular complexity index is 1350. The van der Waals surface area contributed by atoms with Crippen molar-refractivity contribution in [2.45, 2.75) is 18.9 Å². The summed E-state index contributed by atoms with van der Waals surface area (Å²) >= 11 is 0. The number of rotatable bonds is 9. The Morgan fingerprint density at radius 1 is 1.28 bits per heavy atom. The van der Waals surface area contributed by atoms with Crippen molar-refractivity contribution in [3.05, 3.63) is 89.8 Å². The van der Waals surface area contributed by atoms with Gasteiger partial charge in [0.1, 0.15) is 23.2 Å². The second-order valence-corrected chi connectivity index (χ2v) is 8.90. The van der Waals surface area contributed by atoms with E-state index in [2.05, 4.69) is 27.0 Å². The Morgan fingerprint density at radius 3 is 2.77 bits per heavy atom. The molecule has 1 unspecified atom stereocenters. The van der Waals surface area contributed by atoms with E-state index < -0.39 is 11.7 Å². The van der Waals surface area contributed by atoms with Crippen LogP contribution in [0.4, 0.5) is 10.2 Å². The van der Waals surface area contributed by atoms with Gasteiger partial charge in [0.2, 0.25) is 5.91 Å². The predicted octanol–water partition coefficient (Wildman–Crippen LogP) is 3.18. The molecule has 2 aliphatic rings. The lowest BCUT2D eigenvalue weighted by Gasteiger charge is -2.32. The Balaban J connectivity index is 1.55. The van der Waals surface area contributed by atoms with Gasteiger partial charge in [0.15, 0.2) is 0 Å². The standard InChI is InChI=1S/C28H30FN7O3/c1-31-25(19-7-9-20(10-8-19)28(38)34-23-17-21(29)11-12-32-23)26-27(30)33-13-15-35(26)18-22-5-3-14-36(22)24(37)6-4-16-39-2/h4,6-13,15,17,22H,1,3,5,14,16,18H2,2H3,(H2,30,33)(H,32,34,38)/b6-4+,26-25-. The van der Waals surface area contributed by atoms with Gasteiger partial charge in [-0.1, -0.05) is 18.2 Å². The molecule has 10 nitrogen and oxygen atoms in total. The van der Waals surface area contributed by atoms with E-state index in [1.54, 1.807) is 55.9 Å². The van der Waals surface area contributed by atoms with Crippen molar-refractivity contribution in [1.29, 1.82) is 0 Å². The smallest absolute Gasteiger partial charge is 0.256 e. The van der Waals surface area contributed by atoms with E-state index in [0.29, 0.717) is 42.2 Å². The van der Waals surface area contributed by atoms with Gasteiger partial charge in [-0.3, -0.25) is 14.6 Å². The fourth-order valence-electron chi connectivity index (χ4n) is 4.51. The molecular formula is C28H30FN7O3. The van der Waals surface area contributed by atoms with E-state index in [0.717, 1.165) is 18.9 Å². The lowest BCUT2D eigenvalue weighted by atomic mass is 10.1. The molecule has 3 heterocycles. The van der Waals surface area contributed by atoms with Crippen LogP contribution in [0.3, 0.4) is 0 Å². The van der Waals surface area contributed by atoms with Gasteiger partial charge in [-0.25, -0.2) is 14.4 Å². The van der Waals surface area contributed by atoms with Gasteiger partial charge in [0.25, 0.3) is 5.91 Å². The minimum atomic E-state index is -0.498. The van der Waals surface area contributed by atoms with E-state index in [1.165, 1.54) is 12.3 Å². The second-order valence-electron chi connectivity index (χ2n) is 8.90. The molecule has 0 bridgehead atoms. The number of nitrogens with two attached hydrogens (primary N) is 1. The first-order valence-corrected chi connectivity index (χ1v) is 12.4. The van der Waals surface area contributed by atoms with Crippen molar-refractivity contribution in [3.63, 3.8) is 0 Å². The van der Waals surface area contributed by atoms with Crippen LogP contribution < -0.4 is 11.1 Å². The zero-order valence-corrected chi connectivity index (χ0v) is 21.6. The average Bonchev–Trinajstić information content (AvgIpc) is 3.39. The van der Waals surface area contributed by atoms with Gasteiger partial charge in [-0.15, -0.1) is 0 Å². The van der Waals surface area contributed by atoms with E-state index in [1.807, 2.05) is 9.80 Å². The van der Waals surface area contributed by atoms with Gasteiger partial charge in [-0.2, -0.15) is 0 Å². The van der Waals surface area contributed by atoms with Crippen molar-refractivity contribution in [3.8, 4) is 0 Å². The third-order valence-electron chi connectivity index (χ3n) is 6.35. The summed E-state index contributed by atoms with van der Waals surface area (Å²) in [6, 6.07) is 8.98. The summed E-state index contributed by atoms with van der Waals surface area (Å²) in [4.78, 5) is 41.6. The van der Waals surface area contributed by atoms with Crippen LogP contribution in [0.1, 0.15) is 28.8 Å². The third-order valence-corrected chi connectivity index (χ3v) is 6.35. The van der Waals surface area contributed by atoms with Crippen LogP contribution in [0.5, 0.6) is 0 Å². The fourth-order valence-corrected chi connectivity index (χ4v) is 4.51.